The first-order chi connectivity index (χ1) is 9.91. The van der Waals surface area contributed by atoms with E-state index in [9.17, 15) is 14.4 Å². The molecule has 0 unspecified atom stereocenters. The molecule has 3 aliphatic rings. The summed E-state index contributed by atoms with van der Waals surface area (Å²) in [6.07, 6.45) is 1.14. The first kappa shape index (κ1) is 15.7. The zero-order valence-corrected chi connectivity index (χ0v) is 12.4. The van der Waals surface area contributed by atoms with E-state index in [0.29, 0.717) is 5.57 Å². The highest BCUT2D eigenvalue weighted by atomic mass is 16.7. The monoisotopic (exact) mass is 298 g/mol. The third kappa shape index (κ3) is 2.26. The van der Waals surface area contributed by atoms with Gasteiger partial charge in [-0.15, -0.1) is 0 Å². The molecule has 3 aliphatic carbocycles. The van der Waals surface area contributed by atoms with Crippen molar-refractivity contribution in [2.75, 3.05) is 21.3 Å². The third-order valence-electron chi connectivity index (χ3n) is 4.05. The summed E-state index contributed by atoms with van der Waals surface area (Å²) in [6.45, 7) is 1.28. The number of carbonyl (C=O) groups is 3. The first-order valence-corrected chi connectivity index (χ1v) is 6.53. The van der Waals surface area contributed by atoms with E-state index in [0.717, 1.165) is 0 Å². The number of Topliss-reactive ketones (excluding diaryl/α,β-unsaturated/α-hetero) is 1. The highest BCUT2D eigenvalue weighted by molar-refractivity contribution is 6.00. The summed E-state index contributed by atoms with van der Waals surface area (Å²) in [5, 5.41) is 0. The summed E-state index contributed by atoms with van der Waals surface area (Å²) >= 11 is 0. The van der Waals surface area contributed by atoms with Crippen molar-refractivity contribution in [2.24, 2.45) is 11.8 Å². The van der Waals surface area contributed by atoms with Crippen molar-refractivity contribution >= 4 is 17.7 Å². The Morgan fingerprint density at radius 3 is 2.33 bits per heavy atom. The van der Waals surface area contributed by atoms with Gasteiger partial charge in [-0.1, -0.05) is 6.08 Å². The molecule has 0 radical (unpaired) electrons. The van der Waals surface area contributed by atoms with Crippen LogP contribution in [-0.4, -0.2) is 50.9 Å². The molecular formula is C14H18O7. The summed E-state index contributed by atoms with van der Waals surface area (Å²) in [6, 6.07) is 0. The molecule has 21 heavy (non-hydrogen) atoms. The van der Waals surface area contributed by atoms with Gasteiger partial charge >= 0.3 is 11.9 Å². The van der Waals surface area contributed by atoms with Gasteiger partial charge in [-0.3, -0.25) is 9.59 Å². The molecule has 2 bridgehead atoms. The molecule has 3 atom stereocenters. The minimum atomic E-state index is -1.54. The molecule has 0 aromatic carbocycles. The molecule has 7 heteroatoms. The smallest absolute Gasteiger partial charge is 0.333 e. The fourth-order valence-electron chi connectivity index (χ4n) is 3.16. The number of rotatable bonds is 4. The molecule has 0 aromatic heterocycles. The highest BCUT2D eigenvalue weighted by Gasteiger charge is 2.62. The lowest BCUT2D eigenvalue weighted by molar-refractivity contribution is -0.247. The summed E-state index contributed by atoms with van der Waals surface area (Å²) in [7, 11) is 3.95. The Labute approximate surface area is 122 Å². The quantitative estimate of drug-likeness (QED) is 0.542. The Balaban J connectivity index is 2.46. The van der Waals surface area contributed by atoms with Crippen molar-refractivity contribution in [3.05, 3.63) is 11.6 Å². The zero-order chi connectivity index (χ0) is 15.8. The molecule has 1 saturated carbocycles. The SMILES string of the molecule is COC(=O)C1=C[C@H]2C(=O)C(OC)(OC)[C@@H]1C[C@@H]2OC(C)=O. The fourth-order valence-corrected chi connectivity index (χ4v) is 3.16. The van der Waals surface area contributed by atoms with Crippen LogP contribution in [-0.2, 0) is 33.3 Å². The van der Waals surface area contributed by atoms with Crippen LogP contribution >= 0.6 is 0 Å². The van der Waals surface area contributed by atoms with Gasteiger partial charge in [0.1, 0.15) is 6.10 Å². The normalized spacial score (nSPS) is 29.8. The summed E-state index contributed by atoms with van der Waals surface area (Å²) in [5.74, 6) is -4.39. The lowest BCUT2D eigenvalue weighted by Crippen LogP contribution is -2.63. The van der Waals surface area contributed by atoms with E-state index < -0.39 is 35.7 Å². The second kappa shape index (κ2) is 5.57. The van der Waals surface area contributed by atoms with Crippen LogP contribution in [0.15, 0.2) is 11.6 Å². The minimum absolute atomic E-state index is 0.263. The van der Waals surface area contributed by atoms with Gasteiger partial charge in [-0.2, -0.15) is 0 Å². The number of methoxy groups -OCH3 is 3. The molecule has 0 heterocycles. The van der Waals surface area contributed by atoms with Gasteiger partial charge in [0.05, 0.1) is 18.9 Å². The molecule has 0 aromatic rings. The second-order valence-corrected chi connectivity index (χ2v) is 5.02. The van der Waals surface area contributed by atoms with Gasteiger partial charge in [0.15, 0.2) is 0 Å². The predicted molar refractivity (Wildman–Crippen MR) is 69.0 cm³/mol. The lowest BCUT2D eigenvalue weighted by Gasteiger charge is -2.49. The standard InChI is InChI=1S/C14H18O7/c1-7(15)21-11-6-10-8(13(17)18-2)5-9(11)12(16)14(10,19-3)20-4/h5,9-11H,6H2,1-4H3/t9-,10-,11+/m1/s1. The predicted octanol–water partition coefficient (Wildman–Crippen LogP) is 0.225. The van der Waals surface area contributed by atoms with Gasteiger partial charge < -0.3 is 18.9 Å². The van der Waals surface area contributed by atoms with Crippen LogP contribution in [0.2, 0.25) is 0 Å². The molecule has 0 aliphatic heterocycles. The Morgan fingerprint density at radius 1 is 1.24 bits per heavy atom. The maximum absolute atomic E-state index is 12.6. The van der Waals surface area contributed by atoms with Crippen LogP contribution in [0.1, 0.15) is 13.3 Å². The van der Waals surface area contributed by atoms with E-state index in [2.05, 4.69) is 0 Å². The van der Waals surface area contributed by atoms with E-state index >= 15 is 0 Å². The van der Waals surface area contributed by atoms with Crippen LogP contribution in [0.25, 0.3) is 0 Å². The molecule has 0 spiro atoms. The van der Waals surface area contributed by atoms with E-state index in [1.807, 2.05) is 0 Å². The number of hydrogen-bond acceptors (Lipinski definition) is 7. The van der Waals surface area contributed by atoms with Crippen LogP contribution in [0.5, 0.6) is 0 Å². The molecule has 7 nitrogen and oxygen atoms in total. The van der Waals surface area contributed by atoms with Crippen molar-refractivity contribution in [2.45, 2.75) is 25.2 Å². The fraction of sp³-hybridized carbons (Fsp3) is 0.643. The van der Waals surface area contributed by atoms with Crippen LogP contribution in [0.3, 0.4) is 0 Å². The second-order valence-electron chi connectivity index (χ2n) is 5.02. The number of ketones is 1. The van der Waals surface area contributed by atoms with Gasteiger partial charge in [-0.05, 0) is 6.42 Å². The van der Waals surface area contributed by atoms with Gasteiger partial charge in [0.25, 0.3) is 0 Å². The summed E-state index contributed by atoms with van der Waals surface area (Å²) in [4.78, 5) is 35.6. The Hall–Kier alpha value is -1.73. The Kier molecular flexibility index (Phi) is 4.15. The number of fused-ring (bicyclic) bond motifs is 2. The number of ether oxygens (including phenoxy) is 4. The largest absolute Gasteiger partial charge is 0.466 e. The van der Waals surface area contributed by atoms with Crippen molar-refractivity contribution in [3.63, 3.8) is 0 Å². The first-order valence-electron chi connectivity index (χ1n) is 6.53. The maximum Gasteiger partial charge on any atom is 0.333 e. The average molecular weight is 298 g/mol. The highest BCUT2D eigenvalue weighted by Crippen LogP contribution is 2.48. The number of hydrogen-bond donors (Lipinski definition) is 0. The Morgan fingerprint density at radius 2 is 1.86 bits per heavy atom. The number of carbonyl (C=O) groups excluding carboxylic acids is 3. The molecule has 1 fully saturated rings. The van der Waals surface area contributed by atoms with Crippen molar-refractivity contribution in [1.82, 2.24) is 0 Å². The van der Waals surface area contributed by atoms with Gasteiger partial charge in [-0.25, -0.2) is 4.79 Å². The molecule has 3 rings (SSSR count). The van der Waals surface area contributed by atoms with Crippen LogP contribution in [0.4, 0.5) is 0 Å². The average Bonchev–Trinajstić information content (AvgIpc) is 2.47. The zero-order valence-electron chi connectivity index (χ0n) is 12.4. The third-order valence-corrected chi connectivity index (χ3v) is 4.05. The van der Waals surface area contributed by atoms with E-state index in [1.165, 1.54) is 34.3 Å². The lowest BCUT2D eigenvalue weighted by atomic mass is 9.65. The molecule has 0 saturated heterocycles. The Bertz CT molecular complexity index is 503. The summed E-state index contributed by atoms with van der Waals surface area (Å²) in [5.41, 5.74) is 0.314. The summed E-state index contributed by atoms with van der Waals surface area (Å²) < 4.78 is 20.5. The molecule has 116 valence electrons. The van der Waals surface area contributed by atoms with E-state index in [-0.39, 0.29) is 12.2 Å². The minimum Gasteiger partial charge on any atom is -0.466 e. The van der Waals surface area contributed by atoms with Crippen molar-refractivity contribution in [3.8, 4) is 0 Å². The van der Waals surface area contributed by atoms with Crippen molar-refractivity contribution in [1.29, 1.82) is 0 Å². The topological polar surface area (TPSA) is 88.1 Å². The molecule has 0 N–H and O–H groups in total. The number of esters is 2. The van der Waals surface area contributed by atoms with Crippen LogP contribution < -0.4 is 0 Å². The maximum atomic E-state index is 12.6. The van der Waals surface area contributed by atoms with Gasteiger partial charge in [0.2, 0.25) is 11.6 Å². The van der Waals surface area contributed by atoms with Gasteiger partial charge in [0, 0.05) is 26.7 Å². The molecular weight excluding hydrogens is 280 g/mol. The van der Waals surface area contributed by atoms with Crippen LogP contribution in [0, 0.1) is 11.8 Å². The van der Waals surface area contributed by atoms with E-state index in [1.54, 1.807) is 0 Å². The van der Waals surface area contributed by atoms with Crippen molar-refractivity contribution < 1.29 is 33.3 Å². The van der Waals surface area contributed by atoms with E-state index in [4.69, 9.17) is 18.9 Å². The molecule has 0 amide bonds.